The molecule has 1 aliphatic heterocycles. The molecule has 1 atom stereocenters. The zero-order valence-corrected chi connectivity index (χ0v) is 10.3. The highest BCUT2D eigenvalue weighted by Gasteiger charge is 2.22. The van der Waals surface area contributed by atoms with E-state index < -0.39 is 5.91 Å². The van der Waals surface area contributed by atoms with Crippen LogP contribution in [0, 0.1) is 0 Å². The van der Waals surface area contributed by atoms with Gasteiger partial charge < -0.3 is 21.5 Å². The minimum atomic E-state index is -0.521. The fourth-order valence-electron chi connectivity index (χ4n) is 2.47. The van der Waals surface area contributed by atoms with Gasteiger partial charge in [-0.15, -0.1) is 0 Å². The smallest absolute Gasteiger partial charge is 0.250 e. The Bertz CT molecular complexity index is 448. The molecule has 1 aromatic rings. The quantitative estimate of drug-likeness (QED) is 0.688. The van der Waals surface area contributed by atoms with Crippen LogP contribution in [0.5, 0.6) is 0 Å². The second-order valence-corrected chi connectivity index (χ2v) is 4.66. The predicted octanol–water partition coefficient (Wildman–Crippen LogP) is 0.719. The minimum Gasteiger partial charge on any atom is -0.398 e. The number of rotatable bonds is 3. The van der Waals surface area contributed by atoms with E-state index in [1.54, 1.807) is 12.1 Å². The van der Waals surface area contributed by atoms with E-state index in [0.717, 1.165) is 31.5 Å². The van der Waals surface area contributed by atoms with Gasteiger partial charge in [-0.2, -0.15) is 0 Å². The summed E-state index contributed by atoms with van der Waals surface area (Å²) in [5, 5.41) is 9.40. The zero-order chi connectivity index (χ0) is 13.1. The summed E-state index contributed by atoms with van der Waals surface area (Å²) in [6, 6.07) is 5.39. The molecular weight excluding hydrogens is 230 g/mol. The molecule has 0 radical (unpaired) electrons. The van der Waals surface area contributed by atoms with Crippen LogP contribution in [0.3, 0.4) is 0 Å². The predicted molar refractivity (Wildman–Crippen MR) is 71.4 cm³/mol. The third kappa shape index (κ3) is 2.41. The molecule has 0 spiro atoms. The lowest BCUT2D eigenvalue weighted by Crippen LogP contribution is -2.42. The number of carbonyl (C=O) groups is 1. The number of nitrogens with two attached hydrogens (primary N) is 2. The molecule has 1 aliphatic rings. The maximum Gasteiger partial charge on any atom is 0.250 e. The van der Waals surface area contributed by atoms with Gasteiger partial charge in [-0.1, -0.05) is 0 Å². The topological polar surface area (TPSA) is 92.6 Å². The number of amides is 1. The number of carbonyl (C=O) groups excluding carboxylic acids is 1. The van der Waals surface area contributed by atoms with E-state index in [0.29, 0.717) is 11.3 Å². The lowest BCUT2D eigenvalue weighted by molar-refractivity contribution is 0.100. The number of benzene rings is 1. The zero-order valence-electron chi connectivity index (χ0n) is 10.3. The maximum absolute atomic E-state index is 11.3. The molecule has 1 amide bonds. The Morgan fingerprint density at radius 2 is 2.22 bits per heavy atom. The van der Waals surface area contributed by atoms with Crippen molar-refractivity contribution in [3.8, 4) is 0 Å². The summed E-state index contributed by atoms with van der Waals surface area (Å²) in [4.78, 5) is 13.4. The van der Waals surface area contributed by atoms with Gasteiger partial charge in [0, 0.05) is 17.9 Å². The largest absolute Gasteiger partial charge is 0.398 e. The van der Waals surface area contributed by atoms with Crippen LogP contribution in [0.2, 0.25) is 0 Å². The molecule has 0 aliphatic carbocycles. The van der Waals surface area contributed by atoms with Gasteiger partial charge in [0.05, 0.1) is 18.2 Å². The highest BCUT2D eigenvalue weighted by Crippen LogP contribution is 2.27. The van der Waals surface area contributed by atoms with E-state index in [2.05, 4.69) is 4.90 Å². The van der Waals surface area contributed by atoms with Gasteiger partial charge in [-0.3, -0.25) is 4.79 Å². The fraction of sp³-hybridized carbons (Fsp3) is 0.462. The Balaban J connectivity index is 2.32. The highest BCUT2D eigenvalue weighted by molar-refractivity contribution is 5.99. The number of aliphatic hydroxyl groups excluding tert-OH is 1. The molecule has 0 aromatic heterocycles. The summed E-state index contributed by atoms with van der Waals surface area (Å²) >= 11 is 0. The van der Waals surface area contributed by atoms with Crippen molar-refractivity contribution < 1.29 is 9.90 Å². The first-order valence-corrected chi connectivity index (χ1v) is 6.20. The van der Waals surface area contributed by atoms with Crippen molar-refractivity contribution in [2.24, 2.45) is 5.73 Å². The Hall–Kier alpha value is -1.75. The van der Waals surface area contributed by atoms with Gasteiger partial charge in [-0.05, 0) is 37.5 Å². The number of primary amides is 1. The van der Waals surface area contributed by atoms with Crippen molar-refractivity contribution in [3.05, 3.63) is 23.8 Å². The van der Waals surface area contributed by atoms with Crippen molar-refractivity contribution in [1.29, 1.82) is 0 Å². The van der Waals surface area contributed by atoms with Crippen molar-refractivity contribution >= 4 is 17.3 Å². The molecule has 1 heterocycles. The molecular formula is C13H19N3O2. The molecule has 0 saturated carbocycles. The van der Waals surface area contributed by atoms with Crippen LogP contribution in [0.25, 0.3) is 0 Å². The van der Waals surface area contributed by atoms with Crippen LogP contribution in [0.15, 0.2) is 18.2 Å². The molecule has 2 rings (SSSR count). The van der Waals surface area contributed by atoms with Gasteiger partial charge in [0.25, 0.3) is 5.91 Å². The van der Waals surface area contributed by atoms with Crippen LogP contribution < -0.4 is 16.4 Å². The van der Waals surface area contributed by atoms with Gasteiger partial charge in [0.1, 0.15) is 0 Å². The maximum atomic E-state index is 11.3. The first-order chi connectivity index (χ1) is 8.63. The van der Waals surface area contributed by atoms with Crippen LogP contribution in [-0.2, 0) is 0 Å². The first-order valence-electron chi connectivity index (χ1n) is 6.20. The number of nitrogens with zero attached hydrogens (tertiary/aromatic N) is 1. The summed E-state index contributed by atoms with van der Waals surface area (Å²) in [6.45, 7) is 1.00. The van der Waals surface area contributed by atoms with Crippen molar-refractivity contribution in [2.75, 3.05) is 23.8 Å². The van der Waals surface area contributed by atoms with Crippen LogP contribution in [0.1, 0.15) is 29.6 Å². The summed E-state index contributed by atoms with van der Waals surface area (Å²) in [7, 11) is 0. The lowest BCUT2D eigenvalue weighted by Gasteiger charge is -2.36. The van der Waals surface area contributed by atoms with E-state index in [4.69, 9.17) is 11.5 Å². The Labute approximate surface area is 106 Å². The summed E-state index contributed by atoms with van der Waals surface area (Å²) in [6.07, 6.45) is 3.18. The van der Waals surface area contributed by atoms with Gasteiger partial charge in [0.15, 0.2) is 0 Å². The minimum absolute atomic E-state index is 0.114. The molecule has 5 N–H and O–H groups in total. The number of aliphatic hydroxyl groups is 1. The SMILES string of the molecule is NC(=O)c1cc(N2CCCCC2CO)ccc1N. The fourth-order valence-corrected chi connectivity index (χ4v) is 2.47. The molecule has 5 nitrogen and oxygen atoms in total. The third-order valence-electron chi connectivity index (χ3n) is 3.47. The summed E-state index contributed by atoms with van der Waals surface area (Å²) in [5.74, 6) is -0.521. The van der Waals surface area contributed by atoms with Crippen molar-refractivity contribution in [3.63, 3.8) is 0 Å². The van der Waals surface area contributed by atoms with E-state index in [1.165, 1.54) is 0 Å². The van der Waals surface area contributed by atoms with Crippen LogP contribution in [0.4, 0.5) is 11.4 Å². The first kappa shape index (κ1) is 12.7. The standard InChI is InChI=1S/C13H19N3O2/c14-12-5-4-9(7-11(12)13(15)18)16-6-2-1-3-10(16)8-17/h4-5,7,10,17H,1-3,6,8,14H2,(H2,15,18). The van der Waals surface area contributed by atoms with Crippen molar-refractivity contribution in [2.45, 2.75) is 25.3 Å². The monoisotopic (exact) mass is 249 g/mol. The summed E-state index contributed by atoms with van der Waals surface area (Å²) < 4.78 is 0. The number of anilines is 2. The van der Waals surface area contributed by atoms with Crippen LogP contribution >= 0.6 is 0 Å². The highest BCUT2D eigenvalue weighted by atomic mass is 16.3. The van der Waals surface area contributed by atoms with Gasteiger partial charge >= 0.3 is 0 Å². The second-order valence-electron chi connectivity index (χ2n) is 4.66. The Morgan fingerprint density at radius 1 is 1.44 bits per heavy atom. The molecule has 0 bridgehead atoms. The summed E-state index contributed by atoms with van der Waals surface area (Å²) in [5.41, 5.74) is 12.6. The number of hydrogen-bond donors (Lipinski definition) is 3. The van der Waals surface area contributed by atoms with Crippen LogP contribution in [-0.4, -0.2) is 30.2 Å². The molecule has 18 heavy (non-hydrogen) atoms. The van der Waals surface area contributed by atoms with Gasteiger partial charge in [-0.25, -0.2) is 0 Å². The molecule has 98 valence electrons. The lowest BCUT2D eigenvalue weighted by atomic mass is 10.0. The number of nitrogen functional groups attached to an aromatic ring is 1. The molecule has 1 saturated heterocycles. The molecule has 1 aromatic carbocycles. The Morgan fingerprint density at radius 3 is 2.89 bits per heavy atom. The van der Waals surface area contributed by atoms with Gasteiger partial charge in [0.2, 0.25) is 0 Å². The Kier molecular flexibility index (Phi) is 3.72. The van der Waals surface area contributed by atoms with E-state index in [-0.39, 0.29) is 12.6 Å². The average Bonchev–Trinajstić information content (AvgIpc) is 2.39. The van der Waals surface area contributed by atoms with E-state index >= 15 is 0 Å². The van der Waals surface area contributed by atoms with Crippen molar-refractivity contribution in [1.82, 2.24) is 0 Å². The average molecular weight is 249 g/mol. The molecule has 1 unspecified atom stereocenters. The third-order valence-corrected chi connectivity index (χ3v) is 3.47. The number of hydrogen-bond acceptors (Lipinski definition) is 4. The molecule has 1 fully saturated rings. The number of piperidine rings is 1. The van der Waals surface area contributed by atoms with E-state index in [1.807, 2.05) is 6.07 Å². The molecule has 5 heteroatoms. The normalized spacial score (nSPS) is 19.8. The van der Waals surface area contributed by atoms with E-state index in [9.17, 15) is 9.90 Å². The second kappa shape index (κ2) is 5.27.